The van der Waals surface area contributed by atoms with E-state index in [2.05, 4.69) is 5.32 Å². The Bertz CT molecular complexity index is 331. The van der Waals surface area contributed by atoms with Gasteiger partial charge in [-0.15, -0.1) is 0 Å². The molecule has 1 unspecified atom stereocenters. The summed E-state index contributed by atoms with van der Waals surface area (Å²) in [6.07, 6.45) is 6.55. The van der Waals surface area contributed by atoms with Crippen molar-refractivity contribution in [3.05, 3.63) is 35.6 Å². The van der Waals surface area contributed by atoms with Crippen molar-refractivity contribution in [3.63, 3.8) is 0 Å². The van der Waals surface area contributed by atoms with E-state index in [1.54, 1.807) is 12.1 Å². The maximum Gasteiger partial charge on any atom is 0.123 e. The molecule has 1 aliphatic rings. The van der Waals surface area contributed by atoms with Gasteiger partial charge in [0, 0.05) is 6.04 Å². The van der Waals surface area contributed by atoms with E-state index < -0.39 is 0 Å². The van der Waals surface area contributed by atoms with Crippen molar-refractivity contribution in [3.8, 4) is 0 Å². The van der Waals surface area contributed by atoms with Crippen molar-refractivity contribution in [2.75, 3.05) is 7.05 Å². The lowest BCUT2D eigenvalue weighted by atomic mass is 9.94. The van der Waals surface area contributed by atoms with Crippen LogP contribution in [0.2, 0.25) is 0 Å². The summed E-state index contributed by atoms with van der Waals surface area (Å²) < 4.78 is 13.1. The highest BCUT2D eigenvalue weighted by Gasteiger charge is 2.20. The summed E-state index contributed by atoms with van der Waals surface area (Å²) in [6, 6.07) is 7.27. The molecule has 1 aromatic carbocycles. The molecule has 1 atom stereocenters. The maximum absolute atomic E-state index is 13.1. The average Bonchev–Trinajstić information content (AvgIpc) is 2.78. The SMILES string of the molecule is CNC(CC1CCCC1)c1cccc(F)c1. The normalized spacial score (nSPS) is 18.9. The minimum atomic E-state index is -0.135. The number of hydrogen-bond acceptors (Lipinski definition) is 1. The molecule has 16 heavy (non-hydrogen) atoms. The smallest absolute Gasteiger partial charge is 0.123 e. The molecule has 0 saturated heterocycles. The fourth-order valence-electron chi connectivity index (χ4n) is 2.72. The fourth-order valence-corrected chi connectivity index (χ4v) is 2.72. The van der Waals surface area contributed by atoms with Gasteiger partial charge >= 0.3 is 0 Å². The third kappa shape index (κ3) is 2.82. The van der Waals surface area contributed by atoms with Crippen LogP contribution in [0.15, 0.2) is 24.3 Å². The topological polar surface area (TPSA) is 12.0 Å². The zero-order valence-electron chi connectivity index (χ0n) is 9.88. The van der Waals surface area contributed by atoms with Gasteiger partial charge in [-0.25, -0.2) is 4.39 Å². The van der Waals surface area contributed by atoms with Gasteiger partial charge in [0.15, 0.2) is 0 Å². The predicted octanol–water partition coefficient (Wildman–Crippen LogP) is 3.67. The molecule has 1 N–H and O–H groups in total. The van der Waals surface area contributed by atoms with Crippen LogP contribution in [0.1, 0.15) is 43.7 Å². The van der Waals surface area contributed by atoms with Crippen LogP contribution in [-0.2, 0) is 0 Å². The molecule has 1 nitrogen and oxygen atoms in total. The second-order valence-electron chi connectivity index (χ2n) is 4.78. The van der Waals surface area contributed by atoms with E-state index in [0.29, 0.717) is 6.04 Å². The molecule has 1 aromatic rings. The van der Waals surface area contributed by atoms with Crippen molar-refractivity contribution in [1.29, 1.82) is 0 Å². The largest absolute Gasteiger partial charge is 0.313 e. The number of rotatable bonds is 4. The van der Waals surface area contributed by atoms with Gasteiger partial charge in [-0.2, -0.15) is 0 Å². The van der Waals surface area contributed by atoms with Gasteiger partial charge in [0.2, 0.25) is 0 Å². The van der Waals surface area contributed by atoms with E-state index in [1.807, 2.05) is 13.1 Å². The number of nitrogens with one attached hydrogen (secondary N) is 1. The molecule has 0 heterocycles. The van der Waals surface area contributed by atoms with Gasteiger partial charge in [0.1, 0.15) is 5.82 Å². The molecule has 0 radical (unpaired) electrons. The maximum atomic E-state index is 13.1. The standard InChI is InChI=1S/C14H20FN/c1-16-14(9-11-5-2-3-6-11)12-7-4-8-13(15)10-12/h4,7-8,10-11,14,16H,2-3,5-6,9H2,1H3. The predicted molar refractivity (Wildman–Crippen MR) is 64.8 cm³/mol. The van der Waals surface area contributed by atoms with Gasteiger partial charge in [-0.3, -0.25) is 0 Å². The minimum absolute atomic E-state index is 0.135. The highest BCUT2D eigenvalue weighted by molar-refractivity contribution is 5.20. The lowest BCUT2D eigenvalue weighted by Gasteiger charge is -2.20. The highest BCUT2D eigenvalue weighted by Crippen LogP contribution is 2.32. The zero-order valence-corrected chi connectivity index (χ0v) is 9.88. The Morgan fingerprint density at radius 1 is 1.38 bits per heavy atom. The van der Waals surface area contributed by atoms with Gasteiger partial charge in [0.05, 0.1) is 0 Å². The third-order valence-electron chi connectivity index (χ3n) is 3.64. The Balaban J connectivity index is 2.03. The van der Waals surface area contributed by atoms with Crippen molar-refractivity contribution in [2.45, 2.75) is 38.1 Å². The van der Waals surface area contributed by atoms with Crippen molar-refractivity contribution in [1.82, 2.24) is 5.32 Å². The van der Waals surface area contributed by atoms with Crippen LogP contribution in [0.25, 0.3) is 0 Å². The van der Waals surface area contributed by atoms with E-state index in [9.17, 15) is 4.39 Å². The molecule has 0 aromatic heterocycles. The monoisotopic (exact) mass is 221 g/mol. The van der Waals surface area contributed by atoms with E-state index in [0.717, 1.165) is 17.9 Å². The van der Waals surface area contributed by atoms with Crippen molar-refractivity contribution >= 4 is 0 Å². The Morgan fingerprint density at radius 3 is 2.75 bits per heavy atom. The first-order valence-electron chi connectivity index (χ1n) is 6.22. The first-order chi connectivity index (χ1) is 7.79. The Labute approximate surface area is 97.1 Å². The quantitative estimate of drug-likeness (QED) is 0.818. The molecular weight excluding hydrogens is 201 g/mol. The summed E-state index contributed by atoms with van der Waals surface area (Å²) in [4.78, 5) is 0. The molecule has 2 heteroatoms. The first kappa shape index (κ1) is 11.6. The summed E-state index contributed by atoms with van der Waals surface area (Å²) in [6.45, 7) is 0. The molecule has 0 amide bonds. The Hall–Kier alpha value is -0.890. The lowest BCUT2D eigenvalue weighted by molar-refractivity contribution is 0.412. The molecule has 1 aliphatic carbocycles. The van der Waals surface area contributed by atoms with Gasteiger partial charge in [-0.05, 0) is 37.1 Å². The highest BCUT2D eigenvalue weighted by atomic mass is 19.1. The summed E-state index contributed by atoms with van der Waals surface area (Å²) in [5.41, 5.74) is 1.08. The van der Waals surface area contributed by atoms with Crippen LogP contribution in [0, 0.1) is 11.7 Å². The molecular formula is C14H20FN. The summed E-state index contributed by atoms with van der Waals surface area (Å²) >= 11 is 0. The molecule has 1 fully saturated rings. The third-order valence-corrected chi connectivity index (χ3v) is 3.64. The van der Waals surface area contributed by atoms with E-state index in [1.165, 1.54) is 31.7 Å². The molecule has 88 valence electrons. The minimum Gasteiger partial charge on any atom is -0.313 e. The van der Waals surface area contributed by atoms with Crippen LogP contribution in [0.5, 0.6) is 0 Å². The average molecular weight is 221 g/mol. The summed E-state index contributed by atoms with van der Waals surface area (Å²) in [5.74, 6) is 0.685. The summed E-state index contributed by atoms with van der Waals surface area (Å²) in [5, 5.41) is 3.31. The van der Waals surface area contributed by atoms with Gasteiger partial charge in [0.25, 0.3) is 0 Å². The Morgan fingerprint density at radius 2 is 2.12 bits per heavy atom. The Kier molecular flexibility index (Phi) is 3.94. The molecule has 0 spiro atoms. The second kappa shape index (κ2) is 5.44. The molecule has 1 saturated carbocycles. The number of halogens is 1. The summed E-state index contributed by atoms with van der Waals surface area (Å²) in [7, 11) is 1.96. The van der Waals surface area contributed by atoms with E-state index in [4.69, 9.17) is 0 Å². The van der Waals surface area contributed by atoms with Crippen molar-refractivity contribution in [2.24, 2.45) is 5.92 Å². The zero-order chi connectivity index (χ0) is 11.4. The van der Waals surface area contributed by atoms with Crippen LogP contribution in [0.4, 0.5) is 4.39 Å². The van der Waals surface area contributed by atoms with Crippen LogP contribution < -0.4 is 5.32 Å². The second-order valence-corrected chi connectivity index (χ2v) is 4.78. The lowest BCUT2D eigenvalue weighted by Crippen LogP contribution is -2.19. The van der Waals surface area contributed by atoms with Gasteiger partial charge < -0.3 is 5.32 Å². The van der Waals surface area contributed by atoms with E-state index >= 15 is 0 Å². The fraction of sp³-hybridized carbons (Fsp3) is 0.571. The number of hydrogen-bond donors (Lipinski definition) is 1. The van der Waals surface area contributed by atoms with Crippen molar-refractivity contribution < 1.29 is 4.39 Å². The van der Waals surface area contributed by atoms with Gasteiger partial charge in [-0.1, -0.05) is 37.8 Å². The molecule has 0 bridgehead atoms. The van der Waals surface area contributed by atoms with Crippen LogP contribution >= 0.6 is 0 Å². The van der Waals surface area contributed by atoms with Crippen LogP contribution in [-0.4, -0.2) is 7.05 Å². The molecule has 0 aliphatic heterocycles. The van der Waals surface area contributed by atoms with E-state index in [-0.39, 0.29) is 5.82 Å². The molecule has 2 rings (SSSR count). The van der Waals surface area contributed by atoms with Crippen LogP contribution in [0.3, 0.4) is 0 Å². The first-order valence-corrected chi connectivity index (χ1v) is 6.22. The number of benzene rings is 1.